The zero-order valence-electron chi connectivity index (χ0n) is 13.4. The lowest BCUT2D eigenvalue weighted by Gasteiger charge is -2.31. The Hall–Kier alpha value is -1.92. The predicted octanol–water partition coefficient (Wildman–Crippen LogP) is 0.949. The van der Waals surface area contributed by atoms with E-state index < -0.39 is 5.92 Å². The number of amides is 2. The van der Waals surface area contributed by atoms with Crippen molar-refractivity contribution >= 4 is 17.5 Å². The summed E-state index contributed by atoms with van der Waals surface area (Å²) in [5, 5.41) is 5.88. The van der Waals surface area contributed by atoms with Crippen molar-refractivity contribution in [1.82, 2.24) is 10.2 Å². The van der Waals surface area contributed by atoms with Crippen LogP contribution in [-0.2, 0) is 14.3 Å². The molecule has 0 bridgehead atoms. The molecule has 124 valence electrons. The van der Waals surface area contributed by atoms with Crippen molar-refractivity contribution in [3.8, 4) is 0 Å². The molecule has 2 atom stereocenters. The first kappa shape index (κ1) is 16.0. The Morgan fingerprint density at radius 1 is 1.39 bits per heavy atom. The normalized spacial score (nSPS) is 22.8. The van der Waals surface area contributed by atoms with Crippen molar-refractivity contribution in [3.63, 3.8) is 0 Å². The van der Waals surface area contributed by atoms with Crippen LogP contribution in [0.3, 0.4) is 0 Å². The highest BCUT2D eigenvalue weighted by Gasteiger charge is 2.31. The zero-order chi connectivity index (χ0) is 16.2. The van der Waals surface area contributed by atoms with Gasteiger partial charge in [-0.05, 0) is 18.6 Å². The van der Waals surface area contributed by atoms with Gasteiger partial charge in [0, 0.05) is 37.8 Å². The Kier molecular flexibility index (Phi) is 4.93. The van der Waals surface area contributed by atoms with Gasteiger partial charge in [-0.15, -0.1) is 0 Å². The fourth-order valence-electron chi connectivity index (χ4n) is 3.21. The zero-order valence-corrected chi connectivity index (χ0v) is 13.4. The molecule has 0 aliphatic carbocycles. The highest BCUT2D eigenvalue weighted by atomic mass is 16.5. The molecule has 0 spiro atoms. The minimum atomic E-state index is -0.410. The maximum absolute atomic E-state index is 12.6. The maximum Gasteiger partial charge on any atom is 0.228 e. The molecule has 2 aliphatic heterocycles. The summed E-state index contributed by atoms with van der Waals surface area (Å²) in [6.45, 7) is 6.09. The molecule has 1 aromatic rings. The summed E-state index contributed by atoms with van der Waals surface area (Å²) in [5.74, 6) is -0.593. The van der Waals surface area contributed by atoms with Crippen molar-refractivity contribution in [2.45, 2.75) is 25.3 Å². The van der Waals surface area contributed by atoms with Gasteiger partial charge in [0.1, 0.15) is 0 Å². The molecule has 1 fully saturated rings. The first-order valence-electron chi connectivity index (χ1n) is 8.13. The second-order valence-corrected chi connectivity index (χ2v) is 6.21. The van der Waals surface area contributed by atoms with E-state index in [9.17, 15) is 9.59 Å². The molecule has 1 saturated heterocycles. The maximum atomic E-state index is 12.6. The number of nitrogens with zero attached hydrogens (tertiary/aromatic N) is 1. The topological polar surface area (TPSA) is 70.7 Å². The van der Waals surface area contributed by atoms with Crippen molar-refractivity contribution in [1.29, 1.82) is 0 Å². The van der Waals surface area contributed by atoms with Crippen molar-refractivity contribution in [3.05, 3.63) is 29.8 Å². The number of para-hydroxylation sites is 1. The van der Waals surface area contributed by atoms with Crippen LogP contribution in [-0.4, -0.2) is 55.6 Å². The lowest BCUT2D eigenvalue weighted by molar-refractivity contribution is -0.127. The van der Waals surface area contributed by atoms with Crippen LogP contribution in [0.4, 0.5) is 5.69 Å². The van der Waals surface area contributed by atoms with Gasteiger partial charge in [-0.25, -0.2) is 0 Å². The molecule has 0 aromatic heterocycles. The average Bonchev–Trinajstić information content (AvgIpc) is 2.54. The third kappa shape index (κ3) is 3.89. The molecular formula is C17H23N3O3. The standard InChI is InChI=1S/C17H23N3O3/c1-12(11-20-6-8-23-9-7-20)18-17(22)14-10-16(21)19-15-5-3-2-4-13(14)15/h2-5,12,14H,6-11H2,1H3,(H,18,22)(H,19,21)/t12-,14-/m1/s1. The minimum absolute atomic E-state index is 0.0396. The van der Waals surface area contributed by atoms with Gasteiger partial charge in [0.15, 0.2) is 0 Å². The van der Waals surface area contributed by atoms with E-state index in [1.807, 2.05) is 31.2 Å². The number of fused-ring (bicyclic) bond motifs is 1. The molecular weight excluding hydrogens is 294 g/mol. The quantitative estimate of drug-likeness (QED) is 0.867. The third-order valence-corrected chi connectivity index (χ3v) is 4.34. The third-order valence-electron chi connectivity index (χ3n) is 4.34. The minimum Gasteiger partial charge on any atom is -0.379 e. The molecule has 2 N–H and O–H groups in total. The van der Waals surface area contributed by atoms with Crippen LogP contribution in [0.2, 0.25) is 0 Å². The van der Waals surface area contributed by atoms with Crippen LogP contribution in [0, 0.1) is 0 Å². The summed E-state index contributed by atoms with van der Waals surface area (Å²) >= 11 is 0. The van der Waals surface area contributed by atoms with E-state index >= 15 is 0 Å². The van der Waals surface area contributed by atoms with Gasteiger partial charge < -0.3 is 15.4 Å². The molecule has 6 nitrogen and oxygen atoms in total. The largest absolute Gasteiger partial charge is 0.379 e. The van der Waals surface area contributed by atoms with Crippen molar-refractivity contribution in [2.75, 3.05) is 38.2 Å². The van der Waals surface area contributed by atoms with Crippen LogP contribution in [0.15, 0.2) is 24.3 Å². The van der Waals surface area contributed by atoms with Gasteiger partial charge in [0.2, 0.25) is 11.8 Å². The average molecular weight is 317 g/mol. The number of carbonyl (C=O) groups is 2. The van der Waals surface area contributed by atoms with E-state index in [1.165, 1.54) is 0 Å². The number of hydrogen-bond acceptors (Lipinski definition) is 4. The van der Waals surface area contributed by atoms with Crippen molar-refractivity contribution in [2.24, 2.45) is 0 Å². The number of hydrogen-bond donors (Lipinski definition) is 2. The summed E-state index contributed by atoms with van der Waals surface area (Å²) in [4.78, 5) is 26.7. The van der Waals surface area contributed by atoms with Gasteiger partial charge in [0.25, 0.3) is 0 Å². The van der Waals surface area contributed by atoms with Gasteiger partial charge >= 0.3 is 0 Å². The van der Waals surface area contributed by atoms with Crippen LogP contribution in [0.5, 0.6) is 0 Å². The molecule has 23 heavy (non-hydrogen) atoms. The monoisotopic (exact) mass is 317 g/mol. The van der Waals surface area contributed by atoms with E-state index in [1.54, 1.807) is 0 Å². The van der Waals surface area contributed by atoms with E-state index in [-0.39, 0.29) is 24.3 Å². The number of carbonyl (C=O) groups excluding carboxylic acids is 2. The van der Waals surface area contributed by atoms with Gasteiger partial charge in [0.05, 0.1) is 19.1 Å². The summed E-state index contributed by atoms with van der Waals surface area (Å²) in [7, 11) is 0. The SMILES string of the molecule is C[C@H](CN1CCOCC1)NC(=O)[C@@H]1CC(=O)Nc2ccccc21. The Morgan fingerprint density at radius 3 is 2.91 bits per heavy atom. The van der Waals surface area contributed by atoms with Gasteiger partial charge in [-0.1, -0.05) is 18.2 Å². The van der Waals surface area contributed by atoms with Crippen molar-refractivity contribution < 1.29 is 14.3 Å². The smallest absolute Gasteiger partial charge is 0.228 e. The first-order valence-corrected chi connectivity index (χ1v) is 8.13. The van der Waals surface area contributed by atoms with Crippen LogP contribution in [0.25, 0.3) is 0 Å². The highest BCUT2D eigenvalue weighted by Crippen LogP contribution is 2.32. The first-order chi connectivity index (χ1) is 11.1. The summed E-state index contributed by atoms with van der Waals surface area (Å²) in [6.07, 6.45) is 0.202. The predicted molar refractivity (Wildman–Crippen MR) is 87.3 cm³/mol. The fourth-order valence-corrected chi connectivity index (χ4v) is 3.21. The lowest BCUT2D eigenvalue weighted by Crippen LogP contribution is -2.47. The Bertz CT molecular complexity index is 584. The summed E-state index contributed by atoms with van der Waals surface area (Å²) < 4.78 is 5.33. The molecule has 2 heterocycles. The molecule has 0 saturated carbocycles. The second kappa shape index (κ2) is 7.10. The highest BCUT2D eigenvalue weighted by molar-refractivity contribution is 6.01. The van der Waals surface area contributed by atoms with Gasteiger partial charge in [-0.2, -0.15) is 0 Å². The molecule has 3 rings (SSSR count). The van der Waals surface area contributed by atoms with Crippen LogP contribution >= 0.6 is 0 Å². The van der Waals surface area contributed by atoms with E-state index in [2.05, 4.69) is 15.5 Å². The summed E-state index contributed by atoms with van der Waals surface area (Å²) in [5.41, 5.74) is 1.63. The number of anilines is 1. The Morgan fingerprint density at radius 2 is 2.13 bits per heavy atom. The van der Waals surface area contributed by atoms with Crippen LogP contribution in [0.1, 0.15) is 24.8 Å². The number of rotatable bonds is 4. The Balaban J connectivity index is 1.62. The number of nitrogens with one attached hydrogen (secondary N) is 2. The molecule has 2 aliphatic rings. The molecule has 6 heteroatoms. The summed E-state index contributed by atoms with van der Waals surface area (Å²) in [6, 6.07) is 7.54. The molecule has 2 amide bonds. The number of benzene rings is 1. The molecule has 0 unspecified atom stereocenters. The van der Waals surface area contributed by atoms with E-state index in [0.29, 0.717) is 0 Å². The lowest BCUT2D eigenvalue weighted by atomic mass is 9.89. The second-order valence-electron chi connectivity index (χ2n) is 6.21. The molecule has 1 aromatic carbocycles. The number of ether oxygens (including phenoxy) is 1. The fraction of sp³-hybridized carbons (Fsp3) is 0.529. The molecule has 0 radical (unpaired) electrons. The number of morpholine rings is 1. The Labute approximate surface area is 136 Å². The van der Waals surface area contributed by atoms with Crippen LogP contribution < -0.4 is 10.6 Å². The van der Waals surface area contributed by atoms with E-state index in [0.717, 1.165) is 44.1 Å². The van der Waals surface area contributed by atoms with E-state index in [4.69, 9.17) is 4.74 Å². The van der Waals surface area contributed by atoms with Gasteiger partial charge in [-0.3, -0.25) is 14.5 Å².